The number of carboxylic acids is 1. The van der Waals surface area contributed by atoms with Crippen LogP contribution in [-0.4, -0.2) is 28.6 Å². The summed E-state index contributed by atoms with van der Waals surface area (Å²) in [6, 6.07) is 0. The van der Waals surface area contributed by atoms with Crippen molar-refractivity contribution in [2.24, 2.45) is 45.3 Å². The number of carbonyl (C=O) groups excluding carboxylic acids is 3. The van der Waals surface area contributed by atoms with Crippen molar-refractivity contribution in [1.29, 1.82) is 0 Å². The maximum Gasteiger partial charge on any atom is 0.317 e. The molecule has 196 valence electrons. The number of allylic oxidation sites excluding steroid dienone is 5. The zero-order valence-electron chi connectivity index (χ0n) is 21.8. The molecule has 7 heteroatoms. The lowest BCUT2D eigenvalue weighted by molar-refractivity contribution is -0.152. The Bertz CT molecular complexity index is 1330. The van der Waals surface area contributed by atoms with Gasteiger partial charge in [-0.2, -0.15) is 0 Å². The van der Waals surface area contributed by atoms with E-state index in [1.807, 2.05) is 20.8 Å². The lowest BCUT2D eigenvalue weighted by atomic mass is 9.71. The molecule has 4 saturated carbocycles. The number of ether oxygens (including phenoxy) is 1. The van der Waals surface area contributed by atoms with E-state index < -0.39 is 33.6 Å². The molecular weight excluding hydrogens is 492 g/mol. The Labute approximate surface area is 221 Å². The normalized spacial score (nSPS) is 46.1. The average molecular weight is 525 g/mol. The zero-order valence-corrected chi connectivity index (χ0v) is 22.6. The molecule has 0 spiro atoms. The fraction of sp³-hybridized carbons (Fsp3) is 0.600. The highest BCUT2D eigenvalue weighted by molar-refractivity contribution is 6.47. The van der Waals surface area contributed by atoms with Gasteiger partial charge in [0, 0.05) is 22.0 Å². The molecule has 0 radical (unpaired) electrons. The van der Waals surface area contributed by atoms with Crippen LogP contribution in [0.5, 0.6) is 0 Å². The summed E-state index contributed by atoms with van der Waals surface area (Å²) in [7, 11) is 0. The van der Waals surface area contributed by atoms with Crippen molar-refractivity contribution >= 4 is 35.1 Å². The monoisotopic (exact) mass is 524 g/mol. The maximum absolute atomic E-state index is 13.7. The number of rotatable bonds is 3. The second-order valence-corrected chi connectivity index (χ2v) is 13.8. The number of esters is 1. The van der Waals surface area contributed by atoms with Crippen molar-refractivity contribution in [3.05, 3.63) is 46.2 Å². The summed E-state index contributed by atoms with van der Waals surface area (Å²) < 4.78 is 5.99. The number of carboxylic acid groups (broad SMARTS) is 1. The molecule has 6 aliphatic rings. The van der Waals surface area contributed by atoms with Gasteiger partial charge in [-0.05, 0) is 87.2 Å². The first-order valence-electron chi connectivity index (χ1n) is 13.2. The molecular formula is C30H33ClO6. The Hall–Kier alpha value is -2.47. The Morgan fingerprint density at radius 3 is 1.92 bits per heavy atom. The molecule has 37 heavy (non-hydrogen) atoms. The fourth-order valence-electron chi connectivity index (χ4n) is 9.23. The van der Waals surface area contributed by atoms with Crippen molar-refractivity contribution in [3.8, 4) is 0 Å². The lowest BCUT2D eigenvalue weighted by Crippen LogP contribution is -2.31. The molecule has 6 nitrogen and oxygen atoms in total. The number of halogens is 1. The molecule has 6 aliphatic carbocycles. The number of carbonyl (C=O) groups is 4. The third kappa shape index (κ3) is 2.78. The Kier molecular flexibility index (Phi) is 4.79. The highest BCUT2D eigenvalue weighted by atomic mass is 35.5. The SMILES string of the molecule is C=C1C(=O)C(Cl)=C2C[C@H]3C[C@](C)(C(=O)OC4=C5C[C@H]6C[C@](C)(C(=O)O)C[C@H]6[C@]5(C)C(=C)C4=O)C[C@H]3[C@]12C. The summed E-state index contributed by atoms with van der Waals surface area (Å²) in [6.07, 6.45) is 3.35. The van der Waals surface area contributed by atoms with E-state index in [4.69, 9.17) is 16.3 Å². The van der Waals surface area contributed by atoms with E-state index in [-0.39, 0.29) is 41.0 Å². The quantitative estimate of drug-likeness (QED) is 0.385. The average Bonchev–Trinajstić information content (AvgIpc) is 3.58. The molecule has 6 rings (SSSR count). The van der Waals surface area contributed by atoms with Gasteiger partial charge in [0.05, 0.1) is 15.9 Å². The first-order chi connectivity index (χ1) is 17.1. The zero-order chi connectivity index (χ0) is 27.0. The third-order valence-corrected chi connectivity index (χ3v) is 11.9. The Morgan fingerprint density at radius 1 is 0.838 bits per heavy atom. The molecule has 0 aromatic carbocycles. The van der Waals surface area contributed by atoms with Gasteiger partial charge >= 0.3 is 11.9 Å². The Balaban J connectivity index is 1.27. The van der Waals surface area contributed by atoms with Gasteiger partial charge in [-0.15, -0.1) is 0 Å². The van der Waals surface area contributed by atoms with Crippen molar-refractivity contribution in [2.45, 2.75) is 66.2 Å². The second-order valence-electron chi connectivity index (χ2n) is 13.4. The molecule has 0 aromatic heterocycles. The van der Waals surface area contributed by atoms with Gasteiger partial charge in [0.25, 0.3) is 0 Å². The number of Topliss-reactive ketones (excluding diaryl/α,β-unsaturated/α-hetero) is 2. The summed E-state index contributed by atoms with van der Waals surface area (Å²) >= 11 is 6.37. The molecule has 0 amide bonds. The lowest BCUT2D eigenvalue weighted by Gasteiger charge is -2.32. The summed E-state index contributed by atoms with van der Waals surface area (Å²) in [6.45, 7) is 15.8. The van der Waals surface area contributed by atoms with Crippen molar-refractivity contribution < 1.29 is 29.0 Å². The molecule has 0 aliphatic heterocycles. The summed E-state index contributed by atoms with van der Waals surface area (Å²) in [5.41, 5.74) is -0.169. The molecule has 0 unspecified atom stereocenters. The topological polar surface area (TPSA) is 97.7 Å². The van der Waals surface area contributed by atoms with Gasteiger partial charge in [0.1, 0.15) is 0 Å². The second kappa shape index (κ2) is 7.13. The van der Waals surface area contributed by atoms with Crippen molar-refractivity contribution in [1.82, 2.24) is 0 Å². The third-order valence-electron chi connectivity index (χ3n) is 11.5. The maximum atomic E-state index is 13.7. The molecule has 0 aromatic rings. The van der Waals surface area contributed by atoms with Gasteiger partial charge in [-0.3, -0.25) is 19.2 Å². The van der Waals surface area contributed by atoms with Crippen LogP contribution in [0.25, 0.3) is 0 Å². The van der Waals surface area contributed by atoms with E-state index in [9.17, 15) is 24.3 Å². The van der Waals surface area contributed by atoms with Crippen LogP contribution in [0.3, 0.4) is 0 Å². The number of aliphatic carboxylic acids is 1. The van der Waals surface area contributed by atoms with Crippen LogP contribution >= 0.6 is 11.6 Å². The van der Waals surface area contributed by atoms with E-state index in [1.54, 1.807) is 6.92 Å². The minimum atomic E-state index is -0.820. The summed E-state index contributed by atoms with van der Waals surface area (Å²) in [5, 5.41) is 10.1. The van der Waals surface area contributed by atoms with Crippen LogP contribution in [-0.2, 0) is 23.9 Å². The molecule has 0 saturated heterocycles. The van der Waals surface area contributed by atoms with Gasteiger partial charge in [-0.1, -0.05) is 38.6 Å². The fourth-order valence-corrected chi connectivity index (χ4v) is 9.61. The first-order valence-corrected chi connectivity index (χ1v) is 13.5. The largest absolute Gasteiger partial charge is 0.481 e. The van der Waals surface area contributed by atoms with Crippen LogP contribution in [0.15, 0.2) is 46.2 Å². The van der Waals surface area contributed by atoms with E-state index in [2.05, 4.69) is 13.2 Å². The van der Waals surface area contributed by atoms with Gasteiger partial charge in [-0.25, -0.2) is 0 Å². The van der Waals surface area contributed by atoms with Crippen LogP contribution in [0.2, 0.25) is 0 Å². The van der Waals surface area contributed by atoms with Gasteiger partial charge < -0.3 is 9.84 Å². The van der Waals surface area contributed by atoms with Crippen LogP contribution in [0, 0.1) is 45.3 Å². The summed E-state index contributed by atoms with van der Waals surface area (Å²) in [5.74, 6) is -1.31. The molecule has 8 atom stereocenters. The van der Waals surface area contributed by atoms with Crippen LogP contribution in [0.4, 0.5) is 0 Å². The minimum absolute atomic E-state index is 0.0153. The molecule has 0 bridgehead atoms. The highest BCUT2D eigenvalue weighted by Crippen LogP contribution is 2.70. The standard InChI is InChI=1S/C30H33ClO6/c1-13-22(32)21(31)17-7-15-10-28(4,12-20(15)29(13,17)5)26(36)37-24-18-8-16-9-27(3,25(34)35)11-19(16)30(18,6)14(2)23(24)33/h15-16,19-20H,1-2,7-12H2,3-6H3,(H,34,35)/t15-,16-,19+,20+,27-,28-,29+,30+/m0/s1. The van der Waals surface area contributed by atoms with Crippen LogP contribution in [0.1, 0.15) is 66.2 Å². The van der Waals surface area contributed by atoms with E-state index in [0.717, 1.165) is 11.1 Å². The number of hydrogen-bond donors (Lipinski definition) is 1. The van der Waals surface area contributed by atoms with E-state index >= 15 is 0 Å². The first kappa shape index (κ1) is 24.8. The van der Waals surface area contributed by atoms with Crippen LogP contribution < -0.4 is 0 Å². The predicted molar refractivity (Wildman–Crippen MR) is 136 cm³/mol. The molecule has 0 heterocycles. The number of ketones is 2. The van der Waals surface area contributed by atoms with E-state index in [0.29, 0.717) is 54.7 Å². The number of fused-ring (bicyclic) bond motifs is 6. The van der Waals surface area contributed by atoms with Gasteiger partial charge in [0.15, 0.2) is 5.76 Å². The number of hydrogen-bond acceptors (Lipinski definition) is 5. The van der Waals surface area contributed by atoms with Crippen molar-refractivity contribution in [3.63, 3.8) is 0 Å². The minimum Gasteiger partial charge on any atom is -0.481 e. The van der Waals surface area contributed by atoms with Crippen molar-refractivity contribution in [2.75, 3.05) is 0 Å². The smallest absolute Gasteiger partial charge is 0.317 e. The highest BCUT2D eigenvalue weighted by Gasteiger charge is 2.66. The molecule has 4 fully saturated rings. The van der Waals surface area contributed by atoms with Gasteiger partial charge in [0.2, 0.25) is 11.6 Å². The predicted octanol–water partition coefficient (Wildman–Crippen LogP) is 5.52. The molecule has 1 N–H and O–H groups in total. The Morgan fingerprint density at radius 2 is 1.32 bits per heavy atom. The summed E-state index contributed by atoms with van der Waals surface area (Å²) in [4.78, 5) is 51.5. The van der Waals surface area contributed by atoms with E-state index in [1.165, 1.54) is 0 Å².